The molecule has 5 nitrogen and oxygen atoms in total. The normalized spacial score (nSPS) is 16.2. The van der Waals surface area contributed by atoms with Crippen LogP contribution >= 0.6 is 0 Å². The van der Waals surface area contributed by atoms with Crippen molar-refractivity contribution in [3.63, 3.8) is 0 Å². The first-order chi connectivity index (χ1) is 7.68. The highest BCUT2D eigenvalue weighted by molar-refractivity contribution is 5.89. The molecule has 0 unspecified atom stereocenters. The van der Waals surface area contributed by atoms with Gasteiger partial charge in [0.05, 0.1) is 0 Å². The summed E-state index contributed by atoms with van der Waals surface area (Å²) >= 11 is 0. The molecule has 2 rings (SSSR count). The number of nitrogens with one attached hydrogen (secondary N) is 2. The highest BCUT2D eigenvalue weighted by atomic mass is 16.2. The highest BCUT2D eigenvalue weighted by Gasteiger charge is 2.18. The Hall–Kier alpha value is -1.52. The third-order valence-electron chi connectivity index (χ3n) is 3.12. The zero-order valence-electron chi connectivity index (χ0n) is 9.84. The van der Waals surface area contributed by atoms with Crippen LogP contribution < -0.4 is 5.32 Å². The number of amides is 2. The maximum Gasteiger partial charge on any atom is 0.323 e. The quantitative estimate of drug-likeness (QED) is 0.764. The van der Waals surface area contributed by atoms with Crippen LogP contribution in [0.2, 0.25) is 0 Å². The smallest absolute Gasteiger partial charge is 0.323 e. The van der Waals surface area contributed by atoms with Gasteiger partial charge in [-0.3, -0.25) is 10.4 Å². The Morgan fingerprint density at radius 3 is 2.56 bits per heavy atom. The van der Waals surface area contributed by atoms with Crippen LogP contribution in [0.4, 0.5) is 10.6 Å². The second kappa shape index (κ2) is 4.55. The summed E-state index contributed by atoms with van der Waals surface area (Å²) in [6.07, 6.45) is 3.43. The van der Waals surface area contributed by atoms with Gasteiger partial charge in [-0.25, -0.2) is 4.79 Å². The number of rotatable bonds is 1. The molecule has 2 N–H and O–H groups in total. The van der Waals surface area contributed by atoms with Crippen LogP contribution in [-0.4, -0.2) is 34.2 Å². The molecule has 1 aliphatic rings. The van der Waals surface area contributed by atoms with Crippen molar-refractivity contribution in [2.75, 3.05) is 18.4 Å². The third kappa shape index (κ3) is 2.18. The van der Waals surface area contributed by atoms with Crippen LogP contribution in [0.15, 0.2) is 0 Å². The van der Waals surface area contributed by atoms with E-state index >= 15 is 0 Å². The first kappa shape index (κ1) is 11.0. The molecule has 1 fully saturated rings. The Kier molecular flexibility index (Phi) is 3.12. The monoisotopic (exact) mass is 222 g/mol. The number of hydrogen-bond acceptors (Lipinski definition) is 2. The molecular formula is C11H18N4O. The van der Waals surface area contributed by atoms with Crippen LogP contribution in [-0.2, 0) is 0 Å². The lowest BCUT2D eigenvalue weighted by Crippen LogP contribution is -2.38. The van der Waals surface area contributed by atoms with Gasteiger partial charge in [0.25, 0.3) is 0 Å². The summed E-state index contributed by atoms with van der Waals surface area (Å²) in [6, 6.07) is -0.0331. The standard InChI is InChI=1S/C11H18N4O/c1-8-9(2)13-14-10(8)12-11(16)15-6-4-3-5-7-15/h3-7H2,1-2H3,(H2,12,13,14,16). The molecule has 0 aliphatic carbocycles. The number of nitrogens with zero attached hydrogens (tertiary/aromatic N) is 2. The fourth-order valence-corrected chi connectivity index (χ4v) is 1.88. The molecule has 0 atom stereocenters. The van der Waals surface area contributed by atoms with E-state index in [4.69, 9.17) is 0 Å². The maximum atomic E-state index is 11.9. The fraction of sp³-hybridized carbons (Fsp3) is 0.636. The molecule has 0 bridgehead atoms. The van der Waals surface area contributed by atoms with E-state index in [9.17, 15) is 4.79 Å². The van der Waals surface area contributed by atoms with Crippen LogP contribution in [0.3, 0.4) is 0 Å². The number of aromatic nitrogens is 2. The third-order valence-corrected chi connectivity index (χ3v) is 3.12. The molecule has 2 heterocycles. The predicted octanol–water partition coefficient (Wildman–Crippen LogP) is 2.04. The lowest BCUT2D eigenvalue weighted by atomic mass is 10.1. The lowest BCUT2D eigenvalue weighted by Gasteiger charge is -2.26. The minimum Gasteiger partial charge on any atom is -0.324 e. The molecule has 1 saturated heterocycles. The van der Waals surface area contributed by atoms with Crippen molar-refractivity contribution in [2.45, 2.75) is 33.1 Å². The van der Waals surface area contributed by atoms with Crippen molar-refractivity contribution < 1.29 is 4.79 Å². The van der Waals surface area contributed by atoms with Crippen molar-refractivity contribution in [2.24, 2.45) is 0 Å². The molecule has 5 heteroatoms. The van der Waals surface area contributed by atoms with E-state index in [0.717, 1.165) is 37.2 Å². The Labute approximate surface area is 95.2 Å². The summed E-state index contributed by atoms with van der Waals surface area (Å²) in [5.74, 6) is 0.646. The van der Waals surface area contributed by atoms with Gasteiger partial charge in [0.15, 0.2) is 5.82 Å². The van der Waals surface area contributed by atoms with E-state index in [0.29, 0.717) is 5.82 Å². The first-order valence-electron chi connectivity index (χ1n) is 5.76. The van der Waals surface area contributed by atoms with E-state index in [1.54, 1.807) is 0 Å². The number of hydrogen-bond donors (Lipinski definition) is 2. The number of aromatic amines is 1. The number of H-pyrrole nitrogens is 1. The average Bonchev–Trinajstić information content (AvgIpc) is 2.62. The molecule has 1 aliphatic heterocycles. The summed E-state index contributed by atoms with van der Waals surface area (Å²) in [5.41, 5.74) is 2.00. The number of carbonyl (C=O) groups is 1. The van der Waals surface area contributed by atoms with Crippen molar-refractivity contribution in [3.05, 3.63) is 11.3 Å². The topological polar surface area (TPSA) is 61.0 Å². The molecule has 0 saturated carbocycles. The van der Waals surface area contributed by atoms with Crippen LogP contribution in [0.5, 0.6) is 0 Å². The second-order valence-electron chi connectivity index (χ2n) is 4.30. The SMILES string of the molecule is Cc1[nH]nc(NC(=O)N2CCCCC2)c1C. The van der Waals surface area contributed by atoms with Crippen molar-refractivity contribution >= 4 is 11.8 Å². The molecule has 1 aromatic heterocycles. The van der Waals surface area contributed by atoms with Gasteiger partial charge in [-0.15, -0.1) is 0 Å². The van der Waals surface area contributed by atoms with E-state index in [1.807, 2.05) is 18.7 Å². The molecule has 1 aromatic rings. The van der Waals surface area contributed by atoms with Crippen LogP contribution in [0, 0.1) is 13.8 Å². The fourth-order valence-electron chi connectivity index (χ4n) is 1.88. The van der Waals surface area contributed by atoms with Crippen molar-refractivity contribution in [1.82, 2.24) is 15.1 Å². The second-order valence-corrected chi connectivity index (χ2v) is 4.30. The van der Waals surface area contributed by atoms with Gasteiger partial charge in [0, 0.05) is 24.3 Å². The van der Waals surface area contributed by atoms with Gasteiger partial charge in [-0.1, -0.05) is 0 Å². The van der Waals surface area contributed by atoms with Crippen LogP contribution in [0.25, 0.3) is 0 Å². The number of urea groups is 1. The number of aryl methyl sites for hydroxylation is 1. The summed E-state index contributed by atoms with van der Waals surface area (Å²) in [7, 11) is 0. The summed E-state index contributed by atoms with van der Waals surface area (Å²) in [5, 5.41) is 9.77. The molecular weight excluding hydrogens is 204 g/mol. The minimum absolute atomic E-state index is 0.0331. The zero-order chi connectivity index (χ0) is 11.5. The lowest BCUT2D eigenvalue weighted by molar-refractivity contribution is 0.200. The highest BCUT2D eigenvalue weighted by Crippen LogP contribution is 2.15. The molecule has 0 radical (unpaired) electrons. The molecule has 88 valence electrons. The van der Waals surface area contributed by atoms with E-state index < -0.39 is 0 Å². The predicted molar refractivity (Wildman–Crippen MR) is 62.5 cm³/mol. The Morgan fingerprint density at radius 1 is 1.31 bits per heavy atom. The van der Waals surface area contributed by atoms with Crippen molar-refractivity contribution in [1.29, 1.82) is 0 Å². The van der Waals surface area contributed by atoms with Gasteiger partial charge in [0.2, 0.25) is 0 Å². The average molecular weight is 222 g/mol. The van der Waals surface area contributed by atoms with Gasteiger partial charge in [-0.05, 0) is 33.1 Å². The van der Waals surface area contributed by atoms with E-state index in [1.165, 1.54) is 6.42 Å². The largest absolute Gasteiger partial charge is 0.324 e. The summed E-state index contributed by atoms with van der Waals surface area (Å²) < 4.78 is 0. The first-order valence-corrected chi connectivity index (χ1v) is 5.76. The number of likely N-dealkylation sites (tertiary alicyclic amines) is 1. The van der Waals surface area contributed by atoms with Crippen LogP contribution in [0.1, 0.15) is 30.5 Å². The zero-order valence-corrected chi connectivity index (χ0v) is 9.84. The molecule has 0 aromatic carbocycles. The molecule has 0 spiro atoms. The number of carbonyl (C=O) groups excluding carboxylic acids is 1. The Morgan fingerprint density at radius 2 is 2.00 bits per heavy atom. The van der Waals surface area contributed by atoms with Crippen molar-refractivity contribution in [3.8, 4) is 0 Å². The number of anilines is 1. The minimum atomic E-state index is -0.0331. The summed E-state index contributed by atoms with van der Waals surface area (Å²) in [6.45, 7) is 5.60. The van der Waals surface area contributed by atoms with Gasteiger partial charge in [0.1, 0.15) is 0 Å². The molecule has 2 amide bonds. The summed E-state index contributed by atoms with van der Waals surface area (Å²) in [4.78, 5) is 13.7. The molecule has 16 heavy (non-hydrogen) atoms. The Bertz CT molecular complexity index is 379. The maximum absolute atomic E-state index is 11.9. The van der Waals surface area contributed by atoms with Gasteiger partial charge in [-0.2, -0.15) is 5.10 Å². The number of piperidine rings is 1. The Balaban J connectivity index is 1.98. The van der Waals surface area contributed by atoms with E-state index in [2.05, 4.69) is 15.5 Å². The van der Waals surface area contributed by atoms with Gasteiger partial charge >= 0.3 is 6.03 Å². The van der Waals surface area contributed by atoms with E-state index in [-0.39, 0.29) is 6.03 Å². The van der Waals surface area contributed by atoms with Gasteiger partial charge < -0.3 is 4.90 Å².